The van der Waals surface area contributed by atoms with Crippen molar-refractivity contribution < 1.29 is 9.47 Å². The molecule has 0 fully saturated rings. The summed E-state index contributed by atoms with van der Waals surface area (Å²) in [6.07, 6.45) is -0.278. The molecule has 7 rings (SSSR count). The fourth-order valence-corrected chi connectivity index (χ4v) is 13.6. The van der Waals surface area contributed by atoms with Gasteiger partial charge in [-0.15, -0.1) is 0 Å². The van der Waals surface area contributed by atoms with E-state index in [4.69, 9.17) is 9.47 Å². The molecule has 0 spiro atoms. The Bertz CT molecular complexity index is 1960. The summed E-state index contributed by atoms with van der Waals surface area (Å²) < 4.78 is 14.0. The van der Waals surface area contributed by atoms with Gasteiger partial charge in [0.25, 0.3) is 0 Å². The van der Waals surface area contributed by atoms with E-state index in [1.165, 1.54) is 76.3 Å². The molecule has 264 valence electrons. The molecule has 0 N–H and O–H groups in total. The van der Waals surface area contributed by atoms with Crippen molar-refractivity contribution in [2.75, 3.05) is 0 Å². The molecular weight excluding hydrogens is 670 g/mol. The van der Waals surface area contributed by atoms with Crippen molar-refractivity contribution in [3.63, 3.8) is 0 Å². The summed E-state index contributed by atoms with van der Waals surface area (Å²) in [7, 11) is -1.97. The lowest BCUT2D eigenvalue weighted by atomic mass is 10.0. The van der Waals surface area contributed by atoms with E-state index in [1.54, 1.807) is 0 Å². The summed E-state index contributed by atoms with van der Waals surface area (Å²) in [5, 5.41) is 7.97. The molecule has 0 aliphatic carbocycles. The van der Waals surface area contributed by atoms with Gasteiger partial charge in [-0.25, -0.2) is 0 Å². The number of rotatable bonds is 6. The van der Waals surface area contributed by atoms with Crippen LogP contribution in [0.15, 0.2) is 109 Å². The quantitative estimate of drug-likeness (QED) is 0.160. The predicted octanol–water partition coefficient (Wildman–Crippen LogP) is 9.89. The third-order valence-corrected chi connectivity index (χ3v) is 14.7. The highest BCUT2D eigenvalue weighted by Gasteiger charge is 2.33. The molecular formula is C48H50O2P2. The van der Waals surface area contributed by atoms with Gasteiger partial charge in [0.05, 0.1) is 0 Å². The summed E-state index contributed by atoms with van der Waals surface area (Å²) >= 11 is 0. The predicted molar refractivity (Wildman–Crippen MR) is 227 cm³/mol. The number of ether oxygens (including phenoxy) is 2. The Hall–Kier alpha value is -4.22. The Morgan fingerprint density at radius 3 is 0.865 bits per heavy atom. The maximum absolute atomic E-state index is 6.98. The zero-order chi connectivity index (χ0) is 36.8. The van der Waals surface area contributed by atoms with Crippen molar-refractivity contribution >= 4 is 47.7 Å². The van der Waals surface area contributed by atoms with Crippen LogP contribution in [0, 0.1) is 55.4 Å². The van der Waals surface area contributed by atoms with Gasteiger partial charge < -0.3 is 9.47 Å². The van der Waals surface area contributed by atoms with Gasteiger partial charge in [-0.1, -0.05) is 142 Å². The molecule has 1 unspecified atom stereocenters. The van der Waals surface area contributed by atoms with Crippen molar-refractivity contribution in [2.24, 2.45) is 0 Å². The highest BCUT2D eigenvalue weighted by molar-refractivity contribution is 7.80. The second kappa shape index (κ2) is 14.7. The average Bonchev–Trinajstić information content (AvgIpc) is 3.03. The van der Waals surface area contributed by atoms with E-state index in [0.717, 1.165) is 22.6 Å². The molecule has 0 saturated carbocycles. The van der Waals surface area contributed by atoms with Gasteiger partial charge in [0.2, 0.25) is 0 Å². The molecule has 52 heavy (non-hydrogen) atoms. The van der Waals surface area contributed by atoms with Crippen LogP contribution in [0.1, 0.15) is 58.4 Å². The maximum Gasteiger partial charge on any atom is 0.132 e. The molecule has 2 nitrogen and oxygen atoms in total. The van der Waals surface area contributed by atoms with Gasteiger partial charge in [0, 0.05) is 11.1 Å². The van der Waals surface area contributed by atoms with Crippen LogP contribution in [-0.4, -0.2) is 12.2 Å². The average molecular weight is 721 g/mol. The van der Waals surface area contributed by atoms with E-state index >= 15 is 0 Å². The fraction of sp³-hybridized carbons (Fsp3) is 0.250. The first-order chi connectivity index (χ1) is 24.8. The third kappa shape index (κ3) is 7.35. The van der Waals surface area contributed by atoms with Gasteiger partial charge in [-0.3, -0.25) is 0 Å². The normalized spacial score (nSPS) is 15.4. The van der Waals surface area contributed by atoms with Gasteiger partial charge >= 0.3 is 0 Å². The lowest BCUT2D eigenvalue weighted by Crippen LogP contribution is -2.35. The lowest BCUT2D eigenvalue weighted by Gasteiger charge is -2.34. The number of benzene rings is 6. The molecule has 2 atom stereocenters. The minimum Gasteiger partial charge on any atom is -0.486 e. The van der Waals surface area contributed by atoms with Crippen LogP contribution >= 0.6 is 15.8 Å². The van der Waals surface area contributed by atoms with Crippen molar-refractivity contribution in [2.45, 2.75) is 81.4 Å². The minimum absolute atomic E-state index is 0.139. The smallest absolute Gasteiger partial charge is 0.132 e. The van der Waals surface area contributed by atoms with Crippen LogP contribution in [0.4, 0.5) is 0 Å². The Morgan fingerprint density at radius 2 is 0.615 bits per heavy atom. The fourth-order valence-electron chi connectivity index (χ4n) is 7.88. The van der Waals surface area contributed by atoms with E-state index in [2.05, 4.69) is 178 Å². The standard InChI is InChI=1S/C48H50O2P2/c1-29-17-30(2)22-39(21-29)51(40-23-31(3)18-32(4)24-40)45-15-11-13-43-47(45)48-44(50-38(10)37(9)49-43)14-12-16-46(48)52(41-25-33(5)19-34(6)26-41)42-27-35(7)20-36(8)28-42/h11-28,37-38H,1-10H3/t37-,38?/m1/s1. The number of hydrogen-bond acceptors (Lipinski definition) is 2. The Labute approximate surface area is 313 Å². The van der Waals surface area contributed by atoms with E-state index in [1.807, 2.05) is 0 Å². The van der Waals surface area contributed by atoms with Crippen molar-refractivity contribution in [3.05, 3.63) is 154 Å². The van der Waals surface area contributed by atoms with Crippen LogP contribution < -0.4 is 41.3 Å². The first kappa shape index (κ1) is 36.2. The Kier molecular flexibility index (Phi) is 10.2. The zero-order valence-electron chi connectivity index (χ0n) is 32.3. The van der Waals surface area contributed by atoms with Crippen LogP contribution in [0.5, 0.6) is 11.5 Å². The van der Waals surface area contributed by atoms with Crippen molar-refractivity contribution in [1.82, 2.24) is 0 Å². The summed E-state index contributed by atoms with van der Waals surface area (Å²) in [6, 6.07) is 41.8. The summed E-state index contributed by atoms with van der Waals surface area (Å²) in [5.41, 5.74) is 12.5. The molecule has 1 aliphatic heterocycles. The second-order valence-corrected chi connectivity index (χ2v) is 19.4. The van der Waals surface area contributed by atoms with E-state index in [9.17, 15) is 0 Å². The first-order valence-electron chi connectivity index (χ1n) is 18.4. The lowest BCUT2D eigenvalue weighted by molar-refractivity contribution is 0.0763. The number of hydrogen-bond donors (Lipinski definition) is 0. The van der Waals surface area contributed by atoms with Gasteiger partial charge in [-0.05, 0) is 129 Å². The first-order valence-corrected chi connectivity index (χ1v) is 21.1. The SMILES string of the molecule is Cc1cc(C)cc(P(c2cc(C)cc(C)c2)c2cccc3c2-c2c(cccc2P(c2cc(C)cc(C)c2)c2cc(C)cc(C)c2)O[C@H](C)C(C)O3)c1. The summed E-state index contributed by atoms with van der Waals surface area (Å²) in [4.78, 5) is 0. The molecule has 1 aliphatic rings. The molecule has 4 heteroatoms. The molecule has 0 radical (unpaired) electrons. The minimum atomic E-state index is -0.985. The topological polar surface area (TPSA) is 18.5 Å². The Morgan fingerprint density at radius 1 is 0.365 bits per heavy atom. The molecule has 0 aromatic heterocycles. The largest absolute Gasteiger partial charge is 0.486 e. The molecule has 6 aromatic rings. The highest BCUT2D eigenvalue weighted by Crippen LogP contribution is 2.48. The molecule has 0 saturated heterocycles. The van der Waals surface area contributed by atoms with Crippen LogP contribution in [0.2, 0.25) is 0 Å². The van der Waals surface area contributed by atoms with E-state index < -0.39 is 15.8 Å². The maximum atomic E-state index is 6.98. The zero-order valence-corrected chi connectivity index (χ0v) is 34.0. The molecule has 6 aromatic carbocycles. The number of aryl methyl sites for hydroxylation is 8. The van der Waals surface area contributed by atoms with E-state index in [-0.39, 0.29) is 12.2 Å². The van der Waals surface area contributed by atoms with E-state index in [0.29, 0.717) is 0 Å². The molecule has 0 bridgehead atoms. The van der Waals surface area contributed by atoms with Crippen LogP contribution in [0.25, 0.3) is 11.1 Å². The molecule has 1 heterocycles. The monoisotopic (exact) mass is 720 g/mol. The van der Waals surface area contributed by atoms with Gasteiger partial charge in [0.15, 0.2) is 0 Å². The summed E-state index contributed by atoms with van der Waals surface area (Å²) in [6.45, 7) is 22.0. The third-order valence-electron chi connectivity index (χ3n) is 9.89. The van der Waals surface area contributed by atoms with Crippen molar-refractivity contribution in [1.29, 1.82) is 0 Å². The van der Waals surface area contributed by atoms with Crippen molar-refractivity contribution in [3.8, 4) is 22.6 Å². The van der Waals surface area contributed by atoms with Gasteiger partial charge in [-0.2, -0.15) is 0 Å². The molecule has 0 amide bonds. The van der Waals surface area contributed by atoms with Crippen LogP contribution in [0.3, 0.4) is 0 Å². The van der Waals surface area contributed by atoms with Crippen LogP contribution in [-0.2, 0) is 0 Å². The summed E-state index contributed by atoms with van der Waals surface area (Å²) in [5.74, 6) is 1.84. The van der Waals surface area contributed by atoms with Gasteiger partial charge in [0.1, 0.15) is 23.7 Å². The Balaban J connectivity index is 1.61. The highest BCUT2D eigenvalue weighted by atomic mass is 31.1. The number of fused-ring (bicyclic) bond motifs is 3. The second-order valence-electron chi connectivity index (χ2n) is 15.0.